The lowest BCUT2D eigenvalue weighted by atomic mass is 10.1. The molecule has 0 aliphatic carbocycles. The predicted molar refractivity (Wildman–Crippen MR) is 117 cm³/mol. The van der Waals surface area contributed by atoms with Crippen molar-refractivity contribution in [3.63, 3.8) is 0 Å². The van der Waals surface area contributed by atoms with Crippen molar-refractivity contribution >= 4 is 34.4 Å². The normalized spacial score (nSPS) is 11.4. The molecule has 6 heteroatoms. The molecule has 0 saturated carbocycles. The minimum atomic E-state index is -0.595. The van der Waals surface area contributed by atoms with Crippen molar-refractivity contribution in [1.29, 1.82) is 0 Å². The first-order valence-electron chi connectivity index (χ1n) is 9.22. The molecule has 0 aliphatic rings. The third-order valence-corrected chi connectivity index (χ3v) is 5.35. The number of hydrogen-bond donors (Lipinski definition) is 0. The molecule has 148 valence electrons. The zero-order valence-corrected chi connectivity index (χ0v) is 16.9. The van der Waals surface area contributed by atoms with E-state index in [0.29, 0.717) is 11.1 Å². The Morgan fingerprint density at radius 1 is 0.900 bits per heavy atom. The number of carbonyl (C=O) groups excluding carboxylic acids is 1. The lowest BCUT2D eigenvalue weighted by Crippen LogP contribution is -2.13. The zero-order chi connectivity index (χ0) is 20.9. The minimum Gasteiger partial charge on any atom is -0.422 e. The highest BCUT2D eigenvalue weighted by Gasteiger charge is 2.12. The van der Waals surface area contributed by atoms with Crippen LogP contribution in [-0.4, -0.2) is 11.7 Å². The largest absolute Gasteiger partial charge is 0.422 e. The van der Waals surface area contributed by atoms with E-state index in [2.05, 4.69) is 5.16 Å². The molecule has 0 fully saturated rings. The Bertz CT molecular complexity index is 1280. The van der Waals surface area contributed by atoms with Gasteiger partial charge < -0.3 is 9.25 Å². The maximum atomic E-state index is 12.5. The van der Waals surface area contributed by atoms with E-state index in [-0.39, 0.29) is 11.3 Å². The zero-order valence-electron chi connectivity index (χ0n) is 16.1. The van der Waals surface area contributed by atoms with E-state index in [4.69, 9.17) is 9.25 Å². The highest BCUT2D eigenvalue weighted by molar-refractivity contribution is 7.99. The Labute approximate surface area is 177 Å². The summed E-state index contributed by atoms with van der Waals surface area (Å²) in [5.41, 5.74) is 0.827. The lowest BCUT2D eigenvalue weighted by Gasteiger charge is -2.05. The van der Waals surface area contributed by atoms with Crippen LogP contribution in [0.3, 0.4) is 0 Å². The molecule has 0 spiro atoms. The monoisotopic (exact) mass is 415 g/mol. The molecule has 0 amide bonds. The average molecular weight is 415 g/mol. The number of fused-ring (bicyclic) bond motifs is 1. The summed E-state index contributed by atoms with van der Waals surface area (Å²) in [6.45, 7) is 1.59. The van der Waals surface area contributed by atoms with E-state index in [1.165, 1.54) is 0 Å². The van der Waals surface area contributed by atoms with Gasteiger partial charge in [0.25, 0.3) is 0 Å². The summed E-state index contributed by atoms with van der Waals surface area (Å²) in [6, 6.07) is 25.8. The van der Waals surface area contributed by atoms with Crippen molar-refractivity contribution in [2.75, 3.05) is 0 Å². The van der Waals surface area contributed by atoms with Gasteiger partial charge in [0, 0.05) is 15.2 Å². The van der Waals surface area contributed by atoms with Gasteiger partial charge in [0.15, 0.2) is 0 Å². The van der Waals surface area contributed by atoms with E-state index in [9.17, 15) is 9.59 Å². The van der Waals surface area contributed by atoms with Crippen LogP contribution in [-0.2, 0) is 4.84 Å². The van der Waals surface area contributed by atoms with Crippen LogP contribution in [0.5, 0.6) is 0 Å². The fourth-order valence-electron chi connectivity index (χ4n) is 2.82. The van der Waals surface area contributed by atoms with Gasteiger partial charge in [0.2, 0.25) is 0 Å². The quantitative estimate of drug-likeness (QED) is 0.186. The molecule has 4 aromatic rings. The first-order valence-corrected chi connectivity index (χ1v) is 10.0. The van der Waals surface area contributed by atoms with Crippen LogP contribution in [0.2, 0.25) is 0 Å². The Hall–Kier alpha value is -3.64. The molecule has 1 heterocycles. The molecular weight excluding hydrogens is 398 g/mol. The van der Waals surface area contributed by atoms with Gasteiger partial charge in [-0.25, -0.2) is 9.59 Å². The Balaban J connectivity index is 1.57. The van der Waals surface area contributed by atoms with Gasteiger partial charge in [-0.1, -0.05) is 59.4 Å². The van der Waals surface area contributed by atoms with Crippen LogP contribution >= 0.6 is 11.8 Å². The third kappa shape index (κ3) is 4.50. The minimum absolute atomic E-state index is 0.242. The SMILES string of the molecule is C/C(=N\OC(=O)c1ccccc1)c1cc2ccc(Sc3ccccc3)cc2oc1=O. The topological polar surface area (TPSA) is 68.9 Å². The van der Waals surface area contributed by atoms with Crippen molar-refractivity contribution in [2.45, 2.75) is 16.7 Å². The first kappa shape index (κ1) is 19.7. The molecule has 0 aliphatic heterocycles. The molecule has 4 rings (SSSR count). The molecule has 3 aromatic carbocycles. The predicted octanol–water partition coefficient (Wildman–Crippen LogP) is 5.53. The van der Waals surface area contributed by atoms with E-state index >= 15 is 0 Å². The number of carbonyl (C=O) groups is 1. The number of nitrogens with zero attached hydrogens (tertiary/aromatic N) is 1. The lowest BCUT2D eigenvalue weighted by molar-refractivity contribution is 0.0516. The summed E-state index contributed by atoms with van der Waals surface area (Å²) < 4.78 is 5.49. The molecule has 0 N–H and O–H groups in total. The molecule has 0 radical (unpaired) electrons. The van der Waals surface area contributed by atoms with Crippen molar-refractivity contribution in [1.82, 2.24) is 0 Å². The summed E-state index contributed by atoms with van der Waals surface area (Å²) in [5, 5.41) is 4.57. The summed E-state index contributed by atoms with van der Waals surface area (Å²) >= 11 is 1.58. The van der Waals surface area contributed by atoms with Gasteiger partial charge >= 0.3 is 11.6 Å². The van der Waals surface area contributed by atoms with Gasteiger partial charge in [-0.05, 0) is 49.4 Å². The standard InChI is InChI=1S/C24H17NO4S/c1-16(25-29-23(26)17-8-4-2-5-9-17)21-14-18-12-13-20(15-22(18)28-24(21)27)30-19-10-6-3-7-11-19/h2-15H,1H3/b25-16+. The molecule has 0 unspecified atom stereocenters. The van der Waals surface area contributed by atoms with Crippen LogP contribution in [0.4, 0.5) is 0 Å². The van der Waals surface area contributed by atoms with Crippen LogP contribution in [0, 0.1) is 0 Å². The summed E-state index contributed by atoms with van der Waals surface area (Å²) in [4.78, 5) is 31.5. The van der Waals surface area contributed by atoms with Crippen LogP contribution in [0.1, 0.15) is 22.8 Å². The second kappa shape index (κ2) is 8.80. The van der Waals surface area contributed by atoms with Crippen molar-refractivity contribution in [3.8, 4) is 0 Å². The van der Waals surface area contributed by atoms with Crippen molar-refractivity contribution in [2.24, 2.45) is 5.16 Å². The molecule has 0 saturated heterocycles. The number of hydrogen-bond acceptors (Lipinski definition) is 6. The second-order valence-corrected chi connectivity index (χ2v) is 7.63. The Kier molecular flexibility index (Phi) is 5.77. The Morgan fingerprint density at radius 3 is 2.33 bits per heavy atom. The van der Waals surface area contributed by atoms with Gasteiger partial charge in [-0.2, -0.15) is 0 Å². The van der Waals surface area contributed by atoms with Gasteiger partial charge in [-0.15, -0.1) is 0 Å². The van der Waals surface area contributed by atoms with Crippen LogP contribution in [0.15, 0.2) is 109 Å². The van der Waals surface area contributed by atoms with Crippen molar-refractivity contribution in [3.05, 3.63) is 106 Å². The number of benzene rings is 3. The summed E-state index contributed by atoms with van der Waals surface area (Å²) in [7, 11) is 0. The smallest absolute Gasteiger partial charge is 0.365 e. The van der Waals surface area contributed by atoms with Gasteiger partial charge in [0.05, 0.1) is 16.8 Å². The van der Waals surface area contributed by atoms with E-state index < -0.39 is 11.6 Å². The molecular formula is C24H17NO4S. The molecule has 0 bridgehead atoms. The third-order valence-electron chi connectivity index (χ3n) is 4.35. The number of oxime groups is 1. The van der Waals surface area contributed by atoms with Crippen LogP contribution in [0.25, 0.3) is 11.0 Å². The summed E-state index contributed by atoms with van der Waals surface area (Å²) in [5.74, 6) is -0.595. The molecule has 1 aromatic heterocycles. The highest BCUT2D eigenvalue weighted by Crippen LogP contribution is 2.29. The maximum Gasteiger partial charge on any atom is 0.365 e. The molecule has 30 heavy (non-hydrogen) atoms. The average Bonchev–Trinajstić information content (AvgIpc) is 2.78. The second-order valence-electron chi connectivity index (χ2n) is 6.48. The maximum absolute atomic E-state index is 12.5. The van der Waals surface area contributed by atoms with Gasteiger partial charge in [0.1, 0.15) is 5.58 Å². The Morgan fingerprint density at radius 2 is 1.60 bits per heavy atom. The van der Waals surface area contributed by atoms with Gasteiger partial charge in [-0.3, -0.25) is 0 Å². The van der Waals surface area contributed by atoms with E-state index in [1.807, 2.05) is 48.5 Å². The van der Waals surface area contributed by atoms with E-state index in [1.54, 1.807) is 55.1 Å². The van der Waals surface area contributed by atoms with E-state index in [0.717, 1.165) is 15.2 Å². The molecule has 0 atom stereocenters. The fraction of sp³-hybridized carbons (Fsp3) is 0.0417. The number of rotatable bonds is 5. The first-order chi connectivity index (χ1) is 14.6. The fourth-order valence-corrected chi connectivity index (χ4v) is 3.69. The highest BCUT2D eigenvalue weighted by atomic mass is 32.2. The van der Waals surface area contributed by atoms with Crippen LogP contribution < -0.4 is 5.63 Å². The molecule has 5 nitrogen and oxygen atoms in total. The summed E-state index contributed by atoms with van der Waals surface area (Å²) in [6.07, 6.45) is 0. The van der Waals surface area contributed by atoms with Crippen molar-refractivity contribution < 1.29 is 14.0 Å².